The highest BCUT2D eigenvalue weighted by atomic mass is 16.7. The lowest BCUT2D eigenvalue weighted by atomic mass is 9.95. The molecule has 1 unspecified atom stereocenters. The molecule has 1 N–H and O–H groups in total. The molecule has 21 heavy (non-hydrogen) atoms. The predicted octanol–water partition coefficient (Wildman–Crippen LogP) is 3.66. The quantitative estimate of drug-likeness (QED) is 0.930. The summed E-state index contributed by atoms with van der Waals surface area (Å²) in [4.78, 5) is 10.8. The summed E-state index contributed by atoms with van der Waals surface area (Å²) in [7, 11) is 0. The van der Waals surface area contributed by atoms with Crippen molar-refractivity contribution in [3.8, 4) is 22.6 Å². The second-order valence-electron chi connectivity index (χ2n) is 5.19. The van der Waals surface area contributed by atoms with Gasteiger partial charge in [-0.2, -0.15) is 0 Å². The second kappa shape index (κ2) is 5.48. The average Bonchev–Trinajstić information content (AvgIpc) is 2.94. The molecular formula is C17H16O4. The number of benzene rings is 2. The van der Waals surface area contributed by atoms with Crippen LogP contribution in [0.25, 0.3) is 11.1 Å². The zero-order valence-electron chi connectivity index (χ0n) is 11.7. The molecule has 0 amide bonds. The molecule has 0 bridgehead atoms. The van der Waals surface area contributed by atoms with E-state index in [2.05, 4.69) is 0 Å². The first kappa shape index (κ1) is 13.5. The summed E-state index contributed by atoms with van der Waals surface area (Å²) in [6.45, 7) is 2.19. The third kappa shape index (κ3) is 2.84. The van der Waals surface area contributed by atoms with Gasteiger partial charge in [-0.3, -0.25) is 4.79 Å². The Morgan fingerprint density at radius 2 is 1.76 bits per heavy atom. The Morgan fingerprint density at radius 3 is 2.48 bits per heavy atom. The molecule has 0 fully saturated rings. The minimum atomic E-state index is -0.776. The maximum absolute atomic E-state index is 10.8. The Kier molecular flexibility index (Phi) is 3.52. The van der Waals surface area contributed by atoms with Crippen molar-refractivity contribution in [2.24, 2.45) is 0 Å². The highest BCUT2D eigenvalue weighted by Gasteiger charge is 2.14. The Balaban J connectivity index is 1.82. The van der Waals surface area contributed by atoms with Gasteiger partial charge in [-0.1, -0.05) is 37.3 Å². The number of carboxylic acid groups (broad SMARTS) is 1. The first-order valence-corrected chi connectivity index (χ1v) is 6.85. The fourth-order valence-electron chi connectivity index (χ4n) is 2.46. The monoisotopic (exact) mass is 284 g/mol. The van der Waals surface area contributed by atoms with E-state index in [0.717, 1.165) is 28.2 Å². The van der Waals surface area contributed by atoms with Crippen LogP contribution in [0.2, 0.25) is 0 Å². The van der Waals surface area contributed by atoms with E-state index in [1.54, 1.807) is 0 Å². The van der Waals surface area contributed by atoms with Gasteiger partial charge in [-0.05, 0) is 34.7 Å². The van der Waals surface area contributed by atoms with E-state index < -0.39 is 5.97 Å². The summed E-state index contributed by atoms with van der Waals surface area (Å²) in [5, 5.41) is 8.84. The summed E-state index contributed by atoms with van der Waals surface area (Å²) in [6.07, 6.45) is 0.142. The van der Waals surface area contributed by atoms with Gasteiger partial charge in [0.2, 0.25) is 6.79 Å². The lowest BCUT2D eigenvalue weighted by Crippen LogP contribution is -2.02. The van der Waals surface area contributed by atoms with E-state index in [1.165, 1.54) is 0 Å². The molecule has 0 spiro atoms. The Bertz CT molecular complexity index is 661. The molecule has 1 atom stereocenters. The minimum Gasteiger partial charge on any atom is -0.481 e. The van der Waals surface area contributed by atoms with Crippen molar-refractivity contribution in [2.75, 3.05) is 6.79 Å². The van der Waals surface area contributed by atoms with Gasteiger partial charge < -0.3 is 14.6 Å². The Labute approximate surface area is 122 Å². The molecule has 1 aliphatic rings. The number of rotatable bonds is 4. The largest absolute Gasteiger partial charge is 0.481 e. The van der Waals surface area contributed by atoms with Crippen molar-refractivity contribution in [3.63, 3.8) is 0 Å². The van der Waals surface area contributed by atoms with Crippen molar-refractivity contribution in [3.05, 3.63) is 48.0 Å². The average molecular weight is 284 g/mol. The van der Waals surface area contributed by atoms with Crippen LogP contribution in [0.3, 0.4) is 0 Å². The van der Waals surface area contributed by atoms with Crippen LogP contribution in [0.1, 0.15) is 24.8 Å². The minimum absolute atomic E-state index is 0.00769. The third-order valence-corrected chi connectivity index (χ3v) is 3.67. The highest BCUT2D eigenvalue weighted by Crippen LogP contribution is 2.36. The fourth-order valence-corrected chi connectivity index (χ4v) is 2.46. The molecule has 3 rings (SSSR count). The lowest BCUT2D eigenvalue weighted by molar-refractivity contribution is -0.137. The summed E-state index contributed by atoms with van der Waals surface area (Å²) in [5.41, 5.74) is 3.15. The van der Waals surface area contributed by atoms with E-state index in [-0.39, 0.29) is 19.1 Å². The van der Waals surface area contributed by atoms with Gasteiger partial charge in [0, 0.05) is 0 Å². The number of carbonyl (C=O) groups is 1. The van der Waals surface area contributed by atoms with Crippen molar-refractivity contribution < 1.29 is 19.4 Å². The van der Waals surface area contributed by atoms with E-state index in [9.17, 15) is 4.79 Å². The first-order chi connectivity index (χ1) is 10.1. The molecule has 2 aromatic carbocycles. The summed E-state index contributed by atoms with van der Waals surface area (Å²) in [5.74, 6) is 0.761. The smallest absolute Gasteiger partial charge is 0.303 e. The van der Waals surface area contributed by atoms with E-state index >= 15 is 0 Å². The van der Waals surface area contributed by atoms with Crippen LogP contribution in [0, 0.1) is 0 Å². The number of ether oxygens (including phenoxy) is 2. The van der Waals surface area contributed by atoms with Crippen molar-refractivity contribution in [2.45, 2.75) is 19.3 Å². The summed E-state index contributed by atoms with van der Waals surface area (Å²) < 4.78 is 10.7. The van der Waals surface area contributed by atoms with Crippen LogP contribution >= 0.6 is 0 Å². The molecule has 2 aromatic rings. The standard InChI is InChI=1S/C17H16O4/c1-11(8-17(18)19)12-2-4-13(5-3-12)14-6-7-15-16(9-14)21-10-20-15/h2-7,9,11H,8,10H2,1H3,(H,18,19). The topological polar surface area (TPSA) is 55.8 Å². The van der Waals surface area contributed by atoms with Crippen LogP contribution in [-0.2, 0) is 4.79 Å². The molecule has 0 aliphatic carbocycles. The molecule has 4 heteroatoms. The van der Waals surface area contributed by atoms with Crippen LogP contribution in [0.4, 0.5) is 0 Å². The Morgan fingerprint density at radius 1 is 1.10 bits per heavy atom. The molecule has 0 aromatic heterocycles. The first-order valence-electron chi connectivity index (χ1n) is 6.85. The second-order valence-corrected chi connectivity index (χ2v) is 5.19. The third-order valence-electron chi connectivity index (χ3n) is 3.67. The van der Waals surface area contributed by atoms with Crippen LogP contribution in [0.15, 0.2) is 42.5 Å². The molecule has 4 nitrogen and oxygen atoms in total. The molecular weight excluding hydrogens is 268 g/mol. The number of hydrogen-bond donors (Lipinski definition) is 1. The number of fused-ring (bicyclic) bond motifs is 1. The molecule has 108 valence electrons. The van der Waals surface area contributed by atoms with Gasteiger partial charge in [0.15, 0.2) is 11.5 Å². The van der Waals surface area contributed by atoms with Crippen molar-refractivity contribution in [1.29, 1.82) is 0 Å². The maximum Gasteiger partial charge on any atom is 0.303 e. The van der Waals surface area contributed by atoms with Gasteiger partial charge in [-0.25, -0.2) is 0 Å². The van der Waals surface area contributed by atoms with E-state index in [1.807, 2.05) is 49.4 Å². The normalized spacial score (nSPS) is 14.0. The van der Waals surface area contributed by atoms with Crippen LogP contribution < -0.4 is 9.47 Å². The number of carboxylic acids is 1. The van der Waals surface area contributed by atoms with Gasteiger partial charge in [0.05, 0.1) is 6.42 Å². The van der Waals surface area contributed by atoms with Crippen molar-refractivity contribution in [1.82, 2.24) is 0 Å². The maximum atomic E-state index is 10.8. The molecule has 0 saturated heterocycles. The lowest BCUT2D eigenvalue weighted by Gasteiger charge is -2.10. The van der Waals surface area contributed by atoms with Crippen molar-refractivity contribution >= 4 is 5.97 Å². The molecule has 1 aliphatic heterocycles. The molecule has 0 radical (unpaired) electrons. The van der Waals surface area contributed by atoms with Gasteiger partial charge in [0.1, 0.15) is 0 Å². The predicted molar refractivity (Wildman–Crippen MR) is 78.7 cm³/mol. The van der Waals surface area contributed by atoms with E-state index in [0.29, 0.717) is 0 Å². The van der Waals surface area contributed by atoms with Gasteiger partial charge >= 0.3 is 5.97 Å². The fraction of sp³-hybridized carbons (Fsp3) is 0.235. The van der Waals surface area contributed by atoms with Crippen LogP contribution in [-0.4, -0.2) is 17.9 Å². The number of hydrogen-bond acceptors (Lipinski definition) is 3. The summed E-state index contributed by atoms with van der Waals surface area (Å²) in [6, 6.07) is 13.8. The summed E-state index contributed by atoms with van der Waals surface area (Å²) >= 11 is 0. The zero-order chi connectivity index (χ0) is 14.8. The molecule has 1 heterocycles. The van der Waals surface area contributed by atoms with Gasteiger partial charge in [0.25, 0.3) is 0 Å². The number of aliphatic carboxylic acids is 1. The highest BCUT2D eigenvalue weighted by molar-refractivity contribution is 5.69. The Hall–Kier alpha value is -2.49. The zero-order valence-corrected chi connectivity index (χ0v) is 11.7. The van der Waals surface area contributed by atoms with Crippen LogP contribution in [0.5, 0.6) is 11.5 Å². The molecule has 0 saturated carbocycles. The SMILES string of the molecule is CC(CC(=O)O)c1ccc(-c2ccc3c(c2)OCO3)cc1. The van der Waals surface area contributed by atoms with Gasteiger partial charge in [-0.15, -0.1) is 0 Å². The van der Waals surface area contributed by atoms with E-state index in [4.69, 9.17) is 14.6 Å².